The van der Waals surface area contributed by atoms with Crippen LogP contribution >= 0.6 is 11.3 Å². The Bertz CT molecular complexity index is 482. The van der Waals surface area contributed by atoms with Crippen molar-refractivity contribution in [1.82, 2.24) is 19.6 Å². The Kier molecular flexibility index (Phi) is 2.33. The van der Waals surface area contributed by atoms with Crippen molar-refractivity contribution in [3.05, 3.63) is 59.3 Å². The largest absolute Gasteiger partial charge is 0.241 e. The molecule has 0 aliphatic carbocycles. The normalized spacial score (nSPS) is 11.8. The van der Waals surface area contributed by atoms with E-state index >= 15 is 0 Å². The minimum absolute atomic E-state index is 0.410. The molecule has 0 fully saturated rings. The van der Waals surface area contributed by atoms with Crippen LogP contribution in [-0.2, 0) is 5.66 Å². The number of nitrogens with zero attached hydrogens (tertiary/aromatic N) is 4. The fourth-order valence-electron chi connectivity index (χ4n) is 1.96. The van der Waals surface area contributed by atoms with E-state index in [1.165, 1.54) is 5.56 Å². The third kappa shape index (κ3) is 1.51. The van der Waals surface area contributed by atoms with Gasteiger partial charge < -0.3 is 0 Å². The molecule has 5 heteroatoms. The minimum Gasteiger partial charge on any atom is -0.241 e. The Hall–Kier alpha value is -1.88. The quantitative estimate of drug-likeness (QED) is 0.709. The number of aromatic nitrogens is 4. The fourth-order valence-corrected chi connectivity index (χ4v) is 2.71. The molecule has 3 aromatic heterocycles. The second kappa shape index (κ2) is 3.85. The first-order valence-corrected chi connectivity index (χ1v) is 6.29. The molecular formula is C12H12N4S. The lowest BCUT2D eigenvalue weighted by Gasteiger charge is -2.30. The van der Waals surface area contributed by atoms with Crippen LogP contribution in [0, 0.1) is 0 Å². The van der Waals surface area contributed by atoms with Crippen molar-refractivity contribution in [2.24, 2.45) is 0 Å². The summed E-state index contributed by atoms with van der Waals surface area (Å²) in [5.41, 5.74) is 0.766. The highest BCUT2D eigenvalue weighted by Gasteiger charge is 2.32. The molecule has 3 heterocycles. The van der Waals surface area contributed by atoms with E-state index in [4.69, 9.17) is 0 Å². The molecule has 0 saturated heterocycles. The van der Waals surface area contributed by atoms with E-state index in [0.29, 0.717) is 0 Å². The van der Waals surface area contributed by atoms with Gasteiger partial charge in [0, 0.05) is 30.4 Å². The zero-order chi connectivity index (χ0) is 11.7. The Morgan fingerprint density at radius 3 is 2.18 bits per heavy atom. The summed E-state index contributed by atoms with van der Waals surface area (Å²) in [4.78, 5) is 0. The van der Waals surface area contributed by atoms with E-state index in [1.807, 2.05) is 33.9 Å². The molecule has 0 saturated carbocycles. The zero-order valence-electron chi connectivity index (χ0n) is 9.39. The fraction of sp³-hybridized carbons (Fsp3) is 0.167. The predicted molar refractivity (Wildman–Crippen MR) is 66.9 cm³/mol. The molecule has 0 aliphatic rings. The predicted octanol–water partition coefficient (Wildman–Crippen LogP) is 2.41. The van der Waals surface area contributed by atoms with Crippen molar-refractivity contribution < 1.29 is 0 Å². The third-order valence-electron chi connectivity index (χ3n) is 2.97. The number of hydrogen-bond acceptors (Lipinski definition) is 3. The van der Waals surface area contributed by atoms with Gasteiger partial charge in [-0.3, -0.25) is 0 Å². The van der Waals surface area contributed by atoms with E-state index in [9.17, 15) is 0 Å². The van der Waals surface area contributed by atoms with Crippen molar-refractivity contribution in [1.29, 1.82) is 0 Å². The maximum Gasteiger partial charge on any atom is 0.177 e. The van der Waals surface area contributed by atoms with Gasteiger partial charge in [-0.2, -0.15) is 21.5 Å². The summed E-state index contributed by atoms with van der Waals surface area (Å²) in [6.07, 6.45) is 7.49. The molecule has 3 rings (SSSR count). The van der Waals surface area contributed by atoms with Crippen LogP contribution in [0.15, 0.2) is 53.7 Å². The van der Waals surface area contributed by atoms with Gasteiger partial charge in [-0.1, -0.05) is 0 Å². The van der Waals surface area contributed by atoms with E-state index in [1.54, 1.807) is 23.7 Å². The van der Waals surface area contributed by atoms with Gasteiger partial charge in [-0.25, -0.2) is 9.36 Å². The van der Waals surface area contributed by atoms with Crippen LogP contribution in [0.2, 0.25) is 0 Å². The molecule has 0 N–H and O–H groups in total. The summed E-state index contributed by atoms with van der Waals surface area (Å²) in [5.74, 6) is 0. The summed E-state index contributed by atoms with van der Waals surface area (Å²) >= 11 is 1.68. The molecule has 0 unspecified atom stereocenters. The van der Waals surface area contributed by atoms with Gasteiger partial charge in [0.25, 0.3) is 0 Å². The molecule has 0 bridgehead atoms. The molecule has 0 aromatic carbocycles. The smallest absolute Gasteiger partial charge is 0.177 e. The average Bonchev–Trinajstić information content (AvgIpc) is 3.10. The summed E-state index contributed by atoms with van der Waals surface area (Å²) in [5, 5.41) is 12.9. The number of rotatable bonds is 3. The monoisotopic (exact) mass is 244 g/mol. The highest BCUT2D eigenvalue weighted by Crippen LogP contribution is 2.28. The van der Waals surface area contributed by atoms with Gasteiger partial charge in [0.15, 0.2) is 5.66 Å². The lowest BCUT2D eigenvalue weighted by Crippen LogP contribution is -2.39. The van der Waals surface area contributed by atoms with Crippen molar-refractivity contribution >= 4 is 11.3 Å². The molecule has 3 aromatic rings. The van der Waals surface area contributed by atoms with Crippen molar-refractivity contribution in [2.45, 2.75) is 12.6 Å². The molecule has 17 heavy (non-hydrogen) atoms. The highest BCUT2D eigenvalue weighted by atomic mass is 32.1. The van der Waals surface area contributed by atoms with Gasteiger partial charge >= 0.3 is 0 Å². The molecule has 4 nitrogen and oxygen atoms in total. The van der Waals surface area contributed by atoms with Gasteiger partial charge in [-0.05, 0) is 35.9 Å². The van der Waals surface area contributed by atoms with Crippen LogP contribution in [0.25, 0.3) is 0 Å². The first-order chi connectivity index (χ1) is 8.32. The van der Waals surface area contributed by atoms with E-state index in [2.05, 4.69) is 33.9 Å². The van der Waals surface area contributed by atoms with Crippen LogP contribution in [0.3, 0.4) is 0 Å². The Morgan fingerprint density at radius 2 is 1.76 bits per heavy atom. The third-order valence-corrected chi connectivity index (χ3v) is 3.65. The summed E-state index contributed by atoms with van der Waals surface area (Å²) in [6.45, 7) is 2.11. The molecule has 0 radical (unpaired) electrons. The maximum atomic E-state index is 4.36. The summed E-state index contributed by atoms with van der Waals surface area (Å²) in [6, 6.07) is 5.95. The Labute approximate surface area is 103 Å². The van der Waals surface area contributed by atoms with Crippen molar-refractivity contribution in [3.63, 3.8) is 0 Å². The van der Waals surface area contributed by atoms with Crippen LogP contribution < -0.4 is 0 Å². The second-order valence-corrected chi connectivity index (χ2v) is 4.71. The topological polar surface area (TPSA) is 35.6 Å². The first kappa shape index (κ1) is 10.3. The highest BCUT2D eigenvalue weighted by molar-refractivity contribution is 7.08. The van der Waals surface area contributed by atoms with E-state index < -0.39 is 5.66 Å². The van der Waals surface area contributed by atoms with Crippen LogP contribution in [0.4, 0.5) is 0 Å². The maximum absolute atomic E-state index is 4.36. The standard InChI is InChI=1S/C12H12N4S/c1-12(11-4-9-17-10-11,15-7-2-5-13-15)16-8-3-6-14-16/h2-10H,1H3. The van der Waals surface area contributed by atoms with E-state index in [-0.39, 0.29) is 0 Å². The summed E-state index contributed by atoms with van der Waals surface area (Å²) in [7, 11) is 0. The molecule has 0 spiro atoms. The van der Waals surface area contributed by atoms with Gasteiger partial charge in [0.2, 0.25) is 0 Å². The molecule has 0 amide bonds. The Balaban J connectivity index is 2.21. The lowest BCUT2D eigenvalue weighted by atomic mass is 10.1. The molecular weight excluding hydrogens is 232 g/mol. The van der Waals surface area contributed by atoms with Crippen LogP contribution in [-0.4, -0.2) is 19.6 Å². The molecule has 86 valence electrons. The van der Waals surface area contributed by atoms with E-state index in [0.717, 1.165) is 0 Å². The van der Waals surface area contributed by atoms with Gasteiger partial charge in [0.1, 0.15) is 0 Å². The summed E-state index contributed by atoms with van der Waals surface area (Å²) < 4.78 is 3.84. The van der Waals surface area contributed by atoms with Crippen LogP contribution in [0.1, 0.15) is 12.5 Å². The lowest BCUT2D eigenvalue weighted by molar-refractivity contribution is 0.267. The average molecular weight is 244 g/mol. The zero-order valence-corrected chi connectivity index (χ0v) is 10.2. The van der Waals surface area contributed by atoms with Crippen molar-refractivity contribution in [2.75, 3.05) is 0 Å². The SMILES string of the molecule is CC(c1ccsc1)(n1cccn1)n1cccn1. The Morgan fingerprint density at radius 1 is 1.12 bits per heavy atom. The molecule has 0 atom stereocenters. The minimum atomic E-state index is -0.410. The first-order valence-electron chi connectivity index (χ1n) is 5.35. The van der Waals surface area contributed by atoms with Crippen molar-refractivity contribution in [3.8, 4) is 0 Å². The van der Waals surface area contributed by atoms with Gasteiger partial charge in [-0.15, -0.1) is 0 Å². The number of thiophene rings is 1. The molecule has 0 aliphatic heterocycles. The van der Waals surface area contributed by atoms with Gasteiger partial charge in [0.05, 0.1) is 0 Å². The second-order valence-electron chi connectivity index (χ2n) is 3.93. The van der Waals surface area contributed by atoms with Crippen LogP contribution in [0.5, 0.6) is 0 Å². The number of hydrogen-bond donors (Lipinski definition) is 0.